The first kappa shape index (κ1) is 39.7. The van der Waals surface area contributed by atoms with Crippen LogP contribution in [0.3, 0.4) is 0 Å². The Bertz CT molecular complexity index is 2640. The standard InChI is InChI=1S/C50H48N4O7/c1-5-38(55)13-10-16-52(3)36-19-31(28-60-46-26-41-40(17-30(46)2)50(58)53-37(27-51-41)21-33-11-6-8-14-42(33)53)18-32(20-36)29-61-48-24-35-23-45(56)44-22-34-12-7-9-15-43(34)54(44)49(57)39(35)25-47(48)59-4/h6-9,11-12,14-15,17-20,24-27,37,44H,5,10,13,16,21-23,28-29H2,1-4H3/t37-,44-/m0/s1. The minimum atomic E-state index is -0.547. The molecule has 11 nitrogen and oxygen atoms in total. The Morgan fingerprint density at radius 1 is 0.770 bits per heavy atom. The van der Waals surface area contributed by atoms with E-state index in [1.165, 1.54) is 7.11 Å². The van der Waals surface area contributed by atoms with Crippen LogP contribution >= 0.6 is 0 Å². The minimum Gasteiger partial charge on any atom is -0.493 e. The third-order valence-corrected chi connectivity index (χ3v) is 12.3. The van der Waals surface area contributed by atoms with Gasteiger partial charge in [0.05, 0.1) is 24.4 Å². The van der Waals surface area contributed by atoms with Crippen molar-refractivity contribution in [3.63, 3.8) is 0 Å². The molecule has 310 valence electrons. The molecule has 2 amide bonds. The van der Waals surface area contributed by atoms with Gasteiger partial charge in [0.2, 0.25) is 0 Å². The van der Waals surface area contributed by atoms with Crippen LogP contribution in [0.5, 0.6) is 17.2 Å². The van der Waals surface area contributed by atoms with Gasteiger partial charge in [-0.05, 0) is 95.3 Å². The van der Waals surface area contributed by atoms with E-state index in [4.69, 9.17) is 19.2 Å². The number of anilines is 3. The highest BCUT2D eigenvalue weighted by Gasteiger charge is 2.42. The van der Waals surface area contributed by atoms with E-state index in [1.54, 1.807) is 17.0 Å². The SMILES string of the molecule is CCC(=O)CCCN(C)c1cc(COc2cc3c(cc2C)C(=O)N2c4ccccc4C[C@H]2C=N3)cc(COc2cc3c(cc2OC)C(=O)N2c4ccccc4C[C@H]2C(=O)C3)c1. The molecule has 0 spiro atoms. The molecule has 0 fully saturated rings. The Morgan fingerprint density at radius 2 is 1.44 bits per heavy atom. The van der Waals surface area contributed by atoms with Gasteiger partial charge in [-0.1, -0.05) is 43.3 Å². The van der Waals surface area contributed by atoms with Crippen LogP contribution in [0, 0.1) is 6.92 Å². The number of methoxy groups -OCH3 is 1. The second-order valence-electron chi connectivity index (χ2n) is 16.3. The lowest BCUT2D eigenvalue weighted by Gasteiger charge is -2.23. The third-order valence-electron chi connectivity index (χ3n) is 12.3. The predicted molar refractivity (Wildman–Crippen MR) is 235 cm³/mol. The van der Waals surface area contributed by atoms with E-state index in [-0.39, 0.29) is 49.1 Å². The number of para-hydroxylation sites is 2. The second-order valence-corrected chi connectivity index (χ2v) is 16.3. The number of aryl methyl sites for hydroxylation is 1. The summed E-state index contributed by atoms with van der Waals surface area (Å²) in [6.45, 7) is 4.90. The van der Waals surface area contributed by atoms with Crippen LogP contribution in [0.4, 0.5) is 22.7 Å². The van der Waals surface area contributed by atoms with Crippen LogP contribution in [-0.4, -0.2) is 62.4 Å². The lowest BCUT2D eigenvalue weighted by Crippen LogP contribution is -2.41. The maximum absolute atomic E-state index is 14.0. The number of fused-ring (bicyclic) bond motifs is 8. The summed E-state index contributed by atoms with van der Waals surface area (Å²) in [5.41, 5.74) is 9.48. The minimum absolute atomic E-state index is 0.0188. The quantitative estimate of drug-likeness (QED) is 0.116. The highest BCUT2D eigenvalue weighted by molar-refractivity contribution is 6.16. The smallest absolute Gasteiger partial charge is 0.261 e. The zero-order valence-corrected chi connectivity index (χ0v) is 34.9. The Hall–Kier alpha value is -6.75. The Kier molecular flexibility index (Phi) is 10.7. The van der Waals surface area contributed by atoms with Crippen LogP contribution in [-0.2, 0) is 42.1 Å². The summed E-state index contributed by atoms with van der Waals surface area (Å²) in [6.07, 6.45) is 4.94. The summed E-state index contributed by atoms with van der Waals surface area (Å²) >= 11 is 0. The van der Waals surface area contributed by atoms with Crippen molar-refractivity contribution < 1.29 is 33.4 Å². The van der Waals surface area contributed by atoms with E-state index >= 15 is 0 Å². The number of hydrogen-bond acceptors (Lipinski definition) is 9. The zero-order valence-electron chi connectivity index (χ0n) is 34.9. The molecule has 0 aromatic heterocycles. The molecule has 0 saturated heterocycles. The molecule has 5 aromatic carbocycles. The number of carbonyl (C=O) groups excluding carboxylic acids is 4. The number of aliphatic imine (C=N–C) groups is 1. The van der Waals surface area contributed by atoms with E-state index < -0.39 is 6.04 Å². The van der Waals surface area contributed by atoms with Crippen LogP contribution in [0.25, 0.3) is 0 Å². The van der Waals surface area contributed by atoms with Crippen LogP contribution in [0.2, 0.25) is 0 Å². The summed E-state index contributed by atoms with van der Waals surface area (Å²) in [7, 11) is 3.54. The van der Waals surface area contributed by atoms with Gasteiger partial charge in [-0.2, -0.15) is 0 Å². The molecular formula is C50H48N4O7. The van der Waals surface area contributed by atoms with Crippen molar-refractivity contribution in [3.8, 4) is 17.2 Å². The van der Waals surface area contributed by atoms with E-state index in [0.29, 0.717) is 65.4 Å². The number of Topliss-reactive ketones (excluding diaryl/α,β-unsaturated/α-hetero) is 2. The number of amides is 2. The van der Waals surface area contributed by atoms with Gasteiger partial charge in [0, 0.05) is 80.6 Å². The van der Waals surface area contributed by atoms with E-state index in [1.807, 2.05) is 92.7 Å². The molecule has 0 saturated carbocycles. The Morgan fingerprint density at radius 3 is 2.16 bits per heavy atom. The second kappa shape index (κ2) is 16.4. The van der Waals surface area contributed by atoms with Crippen molar-refractivity contribution in [3.05, 3.63) is 136 Å². The van der Waals surface area contributed by atoms with Gasteiger partial charge in [0.1, 0.15) is 30.8 Å². The largest absolute Gasteiger partial charge is 0.493 e. The van der Waals surface area contributed by atoms with Gasteiger partial charge in [0.25, 0.3) is 11.8 Å². The summed E-state index contributed by atoms with van der Waals surface area (Å²) in [6, 6.07) is 28.3. The van der Waals surface area contributed by atoms with Gasteiger partial charge >= 0.3 is 0 Å². The molecule has 61 heavy (non-hydrogen) atoms. The highest BCUT2D eigenvalue weighted by atomic mass is 16.5. The normalized spacial score (nSPS) is 17.1. The number of ether oxygens (including phenoxy) is 3. The number of nitrogens with zero attached hydrogens (tertiary/aromatic N) is 4. The van der Waals surface area contributed by atoms with Gasteiger partial charge in [-0.15, -0.1) is 0 Å². The van der Waals surface area contributed by atoms with E-state index in [9.17, 15) is 19.2 Å². The van der Waals surface area contributed by atoms with Gasteiger partial charge in [0.15, 0.2) is 17.3 Å². The van der Waals surface area contributed by atoms with Crippen molar-refractivity contribution in [2.75, 3.05) is 35.4 Å². The first-order chi connectivity index (χ1) is 29.6. The van der Waals surface area contributed by atoms with Crippen molar-refractivity contribution in [1.82, 2.24) is 0 Å². The Labute approximate surface area is 355 Å². The lowest BCUT2D eigenvalue weighted by molar-refractivity contribution is -0.119. The summed E-state index contributed by atoms with van der Waals surface area (Å²) in [5.74, 6) is 1.37. The molecule has 2 atom stereocenters. The number of rotatable bonds is 13. The maximum Gasteiger partial charge on any atom is 0.261 e. The fraction of sp³-hybridized carbons (Fsp3) is 0.300. The third kappa shape index (κ3) is 7.53. The van der Waals surface area contributed by atoms with Crippen molar-refractivity contribution >= 4 is 52.3 Å². The molecule has 11 heteroatoms. The van der Waals surface area contributed by atoms with E-state index in [2.05, 4.69) is 23.1 Å². The molecule has 0 N–H and O–H groups in total. The molecule has 5 aromatic rings. The lowest BCUT2D eigenvalue weighted by atomic mass is 9.98. The topological polar surface area (TPSA) is 118 Å². The molecule has 4 aliphatic rings. The van der Waals surface area contributed by atoms with Crippen LogP contribution < -0.4 is 28.9 Å². The first-order valence-corrected chi connectivity index (χ1v) is 21.0. The molecule has 0 bridgehead atoms. The van der Waals surface area contributed by atoms with Crippen molar-refractivity contribution in [1.29, 1.82) is 0 Å². The van der Waals surface area contributed by atoms with Gasteiger partial charge < -0.3 is 19.1 Å². The van der Waals surface area contributed by atoms with E-state index in [0.717, 1.165) is 57.7 Å². The highest BCUT2D eigenvalue weighted by Crippen LogP contribution is 2.41. The fourth-order valence-electron chi connectivity index (χ4n) is 9.02. The maximum atomic E-state index is 14.0. The molecule has 9 rings (SSSR count). The Balaban J connectivity index is 0.968. The number of carbonyl (C=O) groups is 4. The molecule has 0 aliphatic carbocycles. The molecule has 0 unspecified atom stereocenters. The van der Waals surface area contributed by atoms with Gasteiger partial charge in [-0.25, -0.2) is 0 Å². The molecule has 4 heterocycles. The fourth-order valence-corrected chi connectivity index (χ4v) is 9.02. The average Bonchev–Trinajstić information content (AvgIpc) is 3.79. The number of hydrogen-bond donors (Lipinski definition) is 0. The van der Waals surface area contributed by atoms with Crippen molar-refractivity contribution in [2.45, 2.75) is 77.7 Å². The van der Waals surface area contributed by atoms with Gasteiger partial charge in [-0.3, -0.25) is 34.0 Å². The summed E-state index contributed by atoms with van der Waals surface area (Å²) in [4.78, 5) is 64.1. The molecule has 0 radical (unpaired) electrons. The number of benzene rings is 5. The molecule has 4 aliphatic heterocycles. The number of ketones is 2. The average molecular weight is 817 g/mol. The summed E-state index contributed by atoms with van der Waals surface area (Å²) in [5, 5.41) is 0. The monoisotopic (exact) mass is 816 g/mol. The first-order valence-electron chi connectivity index (χ1n) is 21.0. The summed E-state index contributed by atoms with van der Waals surface area (Å²) < 4.78 is 18.7. The van der Waals surface area contributed by atoms with Crippen LogP contribution in [0.1, 0.15) is 80.3 Å². The zero-order chi connectivity index (χ0) is 42.4. The van der Waals surface area contributed by atoms with Crippen molar-refractivity contribution in [2.24, 2.45) is 4.99 Å². The van der Waals surface area contributed by atoms with Crippen LogP contribution in [0.15, 0.2) is 96.0 Å². The predicted octanol–water partition coefficient (Wildman–Crippen LogP) is 8.34. The molecular weight excluding hydrogens is 769 g/mol.